The van der Waals surface area contributed by atoms with Gasteiger partial charge in [0.25, 0.3) is 5.91 Å². The molecule has 0 atom stereocenters. The smallest absolute Gasteiger partial charge is 0.411 e. The summed E-state index contributed by atoms with van der Waals surface area (Å²) in [5.41, 5.74) is 4.12. The van der Waals surface area contributed by atoms with E-state index in [-0.39, 0.29) is 12.5 Å². The number of aliphatic carboxylic acids is 1. The number of amides is 2. The molecule has 3 aromatic carbocycles. The maximum atomic E-state index is 13.0. The van der Waals surface area contributed by atoms with Gasteiger partial charge in [0.1, 0.15) is 12.1 Å². The van der Waals surface area contributed by atoms with Gasteiger partial charge in [-0.15, -0.1) is 0 Å². The molecule has 2 amide bonds. The molecule has 0 radical (unpaired) electrons. The Bertz CT molecular complexity index is 1310. The summed E-state index contributed by atoms with van der Waals surface area (Å²) in [7, 11) is 1.50. The van der Waals surface area contributed by atoms with Crippen LogP contribution in [-0.4, -0.2) is 47.2 Å². The molecular formula is C27H23IN2O5. The van der Waals surface area contributed by atoms with Crippen molar-refractivity contribution < 1.29 is 24.2 Å². The van der Waals surface area contributed by atoms with Crippen LogP contribution in [0.2, 0.25) is 0 Å². The van der Waals surface area contributed by atoms with Crippen molar-refractivity contribution in [2.75, 3.05) is 19.0 Å². The van der Waals surface area contributed by atoms with E-state index in [0.29, 0.717) is 24.1 Å². The van der Waals surface area contributed by atoms with Crippen LogP contribution < -0.4 is 5.32 Å². The van der Waals surface area contributed by atoms with E-state index in [1.807, 2.05) is 24.3 Å². The molecule has 2 aliphatic rings. The van der Waals surface area contributed by atoms with Crippen LogP contribution >= 0.6 is 22.6 Å². The number of carboxylic acid groups (broad SMARTS) is 1. The van der Waals surface area contributed by atoms with Crippen LogP contribution in [0.4, 0.5) is 10.5 Å². The van der Waals surface area contributed by atoms with Crippen LogP contribution in [0.25, 0.3) is 11.1 Å². The number of nitrogens with one attached hydrogen (secondary N) is 1. The third-order valence-electron chi connectivity index (χ3n) is 6.80. The van der Waals surface area contributed by atoms with Crippen LogP contribution in [0.15, 0.2) is 66.7 Å². The van der Waals surface area contributed by atoms with Crippen molar-refractivity contribution in [1.29, 1.82) is 0 Å². The number of ether oxygens (including phenoxy) is 1. The highest BCUT2D eigenvalue weighted by Crippen LogP contribution is 2.44. The van der Waals surface area contributed by atoms with Crippen molar-refractivity contribution in [2.45, 2.75) is 24.3 Å². The lowest BCUT2D eigenvalue weighted by Gasteiger charge is -2.24. The summed E-state index contributed by atoms with van der Waals surface area (Å²) < 4.78 is 6.33. The lowest BCUT2D eigenvalue weighted by atomic mass is 9.98. The van der Waals surface area contributed by atoms with E-state index in [0.717, 1.165) is 25.8 Å². The fourth-order valence-electron chi connectivity index (χ4n) is 4.74. The molecule has 0 aliphatic heterocycles. The summed E-state index contributed by atoms with van der Waals surface area (Å²) in [6.45, 7) is 0.180. The van der Waals surface area contributed by atoms with Gasteiger partial charge in [-0.2, -0.15) is 0 Å². The molecule has 5 rings (SSSR count). The summed E-state index contributed by atoms with van der Waals surface area (Å²) in [4.78, 5) is 38.5. The summed E-state index contributed by atoms with van der Waals surface area (Å²) in [6, 6.07) is 21.2. The average molecular weight is 582 g/mol. The second kappa shape index (κ2) is 8.99. The molecule has 178 valence electrons. The molecule has 0 bridgehead atoms. The highest BCUT2D eigenvalue weighted by Gasteiger charge is 2.55. The van der Waals surface area contributed by atoms with Gasteiger partial charge in [0.2, 0.25) is 0 Å². The minimum absolute atomic E-state index is 0.0550. The average Bonchev–Trinajstić information content (AvgIpc) is 3.60. The number of hydrogen-bond donors (Lipinski definition) is 2. The predicted octanol–water partition coefficient (Wildman–Crippen LogP) is 5.34. The Morgan fingerprint density at radius 3 is 2.20 bits per heavy atom. The van der Waals surface area contributed by atoms with Crippen LogP contribution in [0, 0.1) is 3.57 Å². The Balaban J connectivity index is 1.29. The van der Waals surface area contributed by atoms with Crippen molar-refractivity contribution in [1.82, 2.24) is 4.90 Å². The van der Waals surface area contributed by atoms with E-state index in [1.165, 1.54) is 11.9 Å². The Morgan fingerprint density at radius 1 is 1.03 bits per heavy atom. The number of nitrogens with zero attached hydrogens (tertiary/aromatic N) is 1. The van der Waals surface area contributed by atoms with E-state index in [1.54, 1.807) is 18.2 Å². The van der Waals surface area contributed by atoms with Gasteiger partial charge in [-0.25, -0.2) is 9.59 Å². The van der Waals surface area contributed by atoms with Gasteiger partial charge in [0, 0.05) is 27.8 Å². The van der Waals surface area contributed by atoms with Gasteiger partial charge < -0.3 is 14.7 Å². The third-order valence-corrected chi connectivity index (χ3v) is 7.43. The summed E-state index contributed by atoms with van der Waals surface area (Å²) in [5.74, 6) is -1.46. The summed E-state index contributed by atoms with van der Waals surface area (Å²) in [6.07, 6.45) is 0.239. The molecule has 3 aromatic rings. The lowest BCUT2D eigenvalue weighted by Crippen LogP contribution is -2.44. The maximum Gasteiger partial charge on any atom is 0.411 e. The van der Waals surface area contributed by atoms with Gasteiger partial charge in [-0.05, 0) is 75.9 Å². The number of carboxylic acids is 1. The minimum atomic E-state index is -1.14. The molecule has 35 heavy (non-hydrogen) atoms. The Kier molecular flexibility index (Phi) is 6.00. The van der Waals surface area contributed by atoms with Crippen LogP contribution in [0.5, 0.6) is 0 Å². The molecule has 0 unspecified atom stereocenters. The number of anilines is 1. The molecule has 0 aromatic heterocycles. The molecule has 8 heteroatoms. The lowest BCUT2D eigenvalue weighted by molar-refractivity contribution is -0.143. The largest absolute Gasteiger partial charge is 0.479 e. The van der Waals surface area contributed by atoms with Crippen molar-refractivity contribution in [2.24, 2.45) is 0 Å². The molecule has 0 saturated heterocycles. The maximum absolute atomic E-state index is 13.0. The molecule has 7 nitrogen and oxygen atoms in total. The first kappa shape index (κ1) is 23.3. The van der Waals surface area contributed by atoms with E-state index in [4.69, 9.17) is 4.74 Å². The molecule has 1 saturated carbocycles. The quantitative estimate of drug-likeness (QED) is 0.383. The number of carbonyl (C=O) groups is 3. The SMILES string of the molecule is CN(C(=O)c1cc(I)cc(NC(=O)OCC2c3ccccc3-c3ccccc32)c1)C1(C(=O)O)CC1. The van der Waals surface area contributed by atoms with Crippen molar-refractivity contribution in [3.05, 3.63) is 87.0 Å². The first-order valence-corrected chi connectivity index (χ1v) is 12.3. The molecule has 0 heterocycles. The number of carbonyl (C=O) groups excluding carboxylic acids is 2. The van der Waals surface area contributed by atoms with Gasteiger partial charge in [-0.1, -0.05) is 48.5 Å². The summed E-state index contributed by atoms with van der Waals surface area (Å²) in [5, 5.41) is 12.2. The minimum Gasteiger partial charge on any atom is -0.479 e. The van der Waals surface area contributed by atoms with Crippen molar-refractivity contribution in [3.63, 3.8) is 0 Å². The molecule has 1 fully saturated rings. The Labute approximate surface area is 216 Å². The summed E-state index contributed by atoms with van der Waals surface area (Å²) >= 11 is 2.06. The van der Waals surface area contributed by atoms with E-state index >= 15 is 0 Å². The second-order valence-corrected chi connectivity index (χ2v) is 10.1. The molecule has 2 aliphatic carbocycles. The van der Waals surface area contributed by atoms with Gasteiger partial charge in [-0.3, -0.25) is 10.1 Å². The first-order chi connectivity index (χ1) is 16.8. The Morgan fingerprint density at radius 2 is 1.63 bits per heavy atom. The van der Waals surface area contributed by atoms with Crippen LogP contribution in [0.1, 0.15) is 40.2 Å². The van der Waals surface area contributed by atoms with Gasteiger partial charge in [0.05, 0.1) is 0 Å². The monoisotopic (exact) mass is 582 g/mol. The fraction of sp³-hybridized carbons (Fsp3) is 0.222. The zero-order valence-corrected chi connectivity index (χ0v) is 21.1. The highest BCUT2D eigenvalue weighted by molar-refractivity contribution is 14.1. The zero-order valence-electron chi connectivity index (χ0n) is 19.0. The van der Waals surface area contributed by atoms with E-state index < -0.39 is 23.5 Å². The highest BCUT2D eigenvalue weighted by atomic mass is 127. The standard InChI is InChI=1S/C27H23IN2O5/c1-30(27(10-11-27)25(32)33)24(31)16-12-17(28)14-18(13-16)29-26(34)35-15-23-21-8-4-2-6-19(21)20-7-3-5-9-22(20)23/h2-9,12-14,23H,10-11,15H2,1H3,(H,29,34)(H,32,33). The first-order valence-electron chi connectivity index (χ1n) is 11.2. The van der Waals surface area contributed by atoms with E-state index in [2.05, 4.69) is 52.2 Å². The number of fused-ring (bicyclic) bond motifs is 3. The van der Waals surface area contributed by atoms with Crippen molar-refractivity contribution >= 4 is 46.2 Å². The van der Waals surface area contributed by atoms with Crippen LogP contribution in [0.3, 0.4) is 0 Å². The van der Waals surface area contributed by atoms with Gasteiger partial charge in [0.15, 0.2) is 0 Å². The predicted molar refractivity (Wildman–Crippen MR) is 140 cm³/mol. The number of hydrogen-bond acceptors (Lipinski definition) is 4. The second-order valence-electron chi connectivity index (χ2n) is 8.88. The van der Waals surface area contributed by atoms with Crippen LogP contribution in [-0.2, 0) is 9.53 Å². The molecule has 0 spiro atoms. The fourth-order valence-corrected chi connectivity index (χ4v) is 5.41. The van der Waals surface area contributed by atoms with E-state index in [9.17, 15) is 19.5 Å². The topological polar surface area (TPSA) is 95.9 Å². The Hall–Kier alpha value is -3.40. The van der Waals surface area contributed by atoms with Gasteiger partial charge >= 0.3 is 12.1 Å². The zero-order chi connectivity index (χ0) is 24.7. The number of benzene rings is 3. The number of halogens is 1. The molecular weight excluding hydrogens is 559 g/mol. The number of likely N-dealkylation sites (N-methyl/N-ethyl adjacent to an activating group) is 1. The molecule has 2 N–H and O–H groups in total. The number of rotatable bonds is 6. The van der Waals surface area contributed by atoms with Crippen molar-refractivity contribution in [3.8, 4) is 11.1 Å². The third kappa shape index (κ3) is 4.27. The normalized spacial score (nSPS) is 15.0.